The number of para-hydroxylation sites is 1. The van der Waals surface area contributed by atoms with Crippen molar-refractivity contribution in [1.29, 1.82) is 0 Å². The Morgan fingerprint density at radius 3 is 2.60 bits per heavy atom. The fourth-order valence-electron chi connectivity index (χ4n) is 3.67. The Kier molecular flexibility index (Phi) is 4.88. The molecule has 1 aromatic heterocycles. The second kappa shape index (κ2) is 7.70. The van der Waals surface area contributed by atoms with E-state index < -0.39 is 10.0 Å². The summed E-state index contributed by atoms with van der Waals surface area (Å²) in [5.74, 6) is 1.31. The summed E-state index contributed by atoms with van der Waals surface area (Å²) >= 11 is 0. The first-order valence-corrected chi connectivity index (χ1v) is 11.6. The van der Waals surface area contributed by atoms with E-state index in [1.54, 1.807) is 30.5 Å². The molecule has 3 aromatic rings. The van der Waals surface area contributed by atoms with Gasteiger partial charge >= 0.3 is 0 Å². The van der Waals surface area contributed by atoms with E-state index in [0.717, 1.165) is 43.7 Å². The number of aromatic nitrogens is 2. The highest BCUT2D eigenvalue weighted by molar-refractivity contribution is 7.89. The lowest BCUT2D eigenvalue weighted by molar-refractivity contribution is 0.581. The first-order valence-electron chi connectivity index (χ1n) is 10.2. The van der Waals surface area contributed by atoms with Crippen LogP contribution in [-0.4, -0.2) is 31.0 Å². The highest BCUT2D eigenvalue weighted by Gasteiger charge is 2.27. The standard InChI is InChI=1S/C22H23N5O2S/c28-30(29,26-18-7-8-18)19-11-9-17(10-12-19)24-22-23-14-13-21(25-22)27-15-3-5-16-4-1-2-6-20(16)27/h1-2,4,6,9-14,18,26H,3,5,7-8,15H2,(H,23,24,25). The van der Waals surface area contributed by atoms with Crippen LogP contribution < -0.4 is 14.9 Å². The first-order chi connectivity index (χ1) is 14.6. The third-order valence-electron chi connectivity index (χ3n) is 5.35. The molecule has 7 nitrogen and oxygen atoms in total. The number of nitrogens with one attached hydrogen (secondary N) is 2. The van der Waals surface area contributed by atoms with Crippen molar-refractivity contribution in [3.05, 3.63) is 66.4 Å². The van der Waals surface area contributed by atoms with Gasteiger partial charge in [0, 0.05) is 30.2 Å². The molecule has 1 fully saturated rings. The number of benzene rings is 2. The molecule has 2 aromatic carbocycles. The maximum absolute atomic E-state index is 12.3. The molecule has 1 aliphatic heterocycles. The van der Waals surface area contributed by atoms with Crippen molar-refractivity contribution in [3.63, 3.8) is 0 Å². The normalized spacial score (nSPS) is 16.2. The van der Waals surface area contributed by atoms with Crippen LogP contribution >= 0.6 is 0 Å². The Hall–Kier alpha value is -2.97. The van der Waals surface area contributed by atoms with Crippen molar-refractivity contribution in [2.75, 3.05) is 16.8 Å². The molecule has 2 aliphatic rings. The van der Waals surface area contributed by atoms with Crippen LogP contribution in [0, 0.1) is 0 Å². The molecule has 1 saturated carbocycles. The van der Waals surface area contributed by atoms with Gasteiger partial charge in [-0.2, -0.15) is 4.98 Å². The van der Waals surface area contributed by atoms with Gasteiger partial charge in [0.15, 0.2) is 0 Å². The number of hydrogen-bond acceptors (Lipinski definition) is 6. The van der Waals surface area contributed by atoms with Gasteiger partial charge in [-0.15, -0.1) is 0 Å². The molecule has 0 atom stereocenters. The monoisotopic (exact) mass is 421 g/mol. The van der Waals surface area contributed by atoms with Crippen molar-refractivity contribution in [2.24, 2.45) is 0 Å². The smallest absolute Gasteiger partial charge is 0.240 e. The lowest BCUT2D eigenvalue weighted by Gasteiger charge is -2.30. The zero-order valence-electron chi connectivity index (χ0n) is 16.5. The highest BCUT2D eigenvalue weighted by Crippen LogP contribution is 2.32. The summed E-state index contributed by atoms with van der Waals surface area (Å²) in [4.78, 5) is 11.5. The molecule has 0 saturated heterocycles. The van der Waals surface area contributed by atoms with E-state index >= 15 is 0 Å². The summed E-state index contributed by atoms with van der Waals surface area (Å²) < 4.78 is 27.3. The minimum absolute atomic E-state index is 0.0869. The zero-order chi connectivity index (χ0) is 20.6. The van der Waals surface area contributed by atoms with E-state index in [2.05, 4.69) is 43.1 Å². The van der Waals surface area contributed by atoms with E-state index in [1.807, 2.05) is 12.1 Å². The molecule has 30 heavy (non-hydrogen) atoms. The molecule has 0 bridgehead atoms. The number of sulfonamides is 1. The van der Waals surface area contributed by atoms with Gasteiger partial charge in [0.05, 0.1) is 4.90 Å². The molecule has 0 amide bonds. The average molecular weight is 422 g/mol. The molecule has 2 N–H and O–H groups in total. The maximum atomic E-state index is 12.3. The van der Waals surface area contributed by atoms with Crippen molar-refractivity contribution >= 4 is 33.2 Å². The molecular formula is C22H23N5O2S. The first kappa shape index (κ1) is 19.0. The van der Waals surface area contributed by atoms with Crippen molar-refractivity contribution < 1.29 is 8.42 Å². The Bertz CT molecular complexity index is 1160. The average Bonchev–Trinajstić information content (AvgIpc) is 3.57. The number of anilines is 4. The number of fused-ring (bicyclic) bond motifs is 1. The minimum atomic E-state index is -3.45. The summed E-state index contributed by atoms with van der Waals surface area (Å²) in [5.41, 5.74) is 3.25. The van der Waals surface area contributed by atoms with Crippen LogP contribution in [0.15, 0.2) is 65.7 Å². The van der Waals surface area contributed by atoms with Gasteiger partial charge in [0.25, 0.3) is 0 Å². The number of hydrogen-bond donors (Lipinski definition) is 2. The lowest BCUT2D eigenvalue weighted by Crippen LogP contribution is -2.25. The molecule has 0 unspecified atom stereocenters. The van der Waals surface area contributed by atoms with Gasteiger partial charge in [-0.1, -0.05) is 18.2 Å². The van der Waals surface area contributed by atoms with Crippen LogP contribution in [0.1, 0.15) is 24.8 Å². The van der Waals surface area contributed by atoms with Crippen LogP contribution in [0.3, 0.4) is 0 Å². The van der Waals surface area contributed by atoms with Crippen LogP contribution in [0.25, 0.3) is 0 Å². The molecule has 154 valence electrons. The SMILES string of the molecule is O=S(=O)(NC1CC1)c1ccc(Nc2nccc(N3CCCc4ccccc43)n2)cc1. The van der Waals surface area contributed by atoms with Gasteiger partial charge in [-0.25, -0.2) is 18.1 Å². The van der Waals surface area contributed by atoms with Crippen molar-refractivity contribution in [3.8, 4) is 0 Å². The summed E-state index contributed by atoms with van der Waals surface area (Å²) in [5, 5.41) is 3.18. The third kappa shape index (κ3) is 4.01. The maximum Gasteiger partial charge on any atom is 0.240 e. The zero-order valence-corrected chi connectivity index (χ0v) is 17.3. The van der Waals surface area contributed by atoms with E-state index in [9.17, 15) is 8.42 Å². The minimum Gasteiger partial charge on any atom is -0.326 e. The van der Waals surface area contributed by atoms with Crippen LogP contribution in [0.2, 0.25) is 0 Å². The largest absolute Gasteiger partial charge is 0.326 e. The van der Waals surface area contributed by atoms with E-state index in [1.165, 1.54) is 11.3 Å². The fourth-order valence-corrected chi connectivity index (χ4v) is 4.97. The molecular weight excluding hydrogens is 398 g/mol. The van der Waals surface area contributed by atoms with Crippen molar-refractivity contribution in [2.45, 2.75) is 36.6 Å². The van der Waals surface area contributed by atoms with Gasteiger partial charge in [-0.3, -0.25) is 0 Å². The van der Waals surface area contributed by atoms with Crippen LogP contribution in [0.4, 0.5) is 23.1 Å². The summed E-state index contributed by atoms with van der Waals surface area (Å²) in [6.45, 7) is 0.911. The topological polar surface area (TPSA) is 87.2 Å². The van der Waals surface area contributed by atoms with E-state index in [-0.39, 0.29) is 10.9 Å². The summed E-state index contributed by atoms with van der Waals surface area (Å²) in [6, 6.07) is 17.0. The van der Waals surface area contributed by atoms with E-state index in [4.69, 9.17) is 0 Å². The van der Waals surface area contributed by atoms with Gasteiger partial charge in [0.1, 0.15) is 5.82 Å². The van der Waals surface area contributed by atoms with Crippen LogP contribution in [0.5, 0.6) is 0 Å². The Morgan fingerprint density at radius 1 is 1.00 bits per heavy atom. The Balaban J connectivity index is 1.34. The highest BCUT2D eigenvalue weighted by atomic mass is 32.2. The third-order valence-corrected chi connectivity index (χ3v) is 6.88. The second-order valence-electron chi connectivity index (χ2n) is 7.67. The molecule has 1 aliphatic carbocycles. The quantitative estimate of drug-likeness (QED) is 0.630. The Labute approximate surface area is 176 Å². The second-order valence-corrected chi connectivity index (χ2v) is 9.38. The fraction of sp³-hybridized carbons (Fsp3) is 0.273. The van der Waals surface area contributed by atoms with Crippen molar-refractivity contribution in [1.82, 2.24) is 14.7 Å². The van der Waals surface area contributed by atoms with Gasteiger partial charge < -0.3 is 10.2 Å². The Morgan fingerprint density at radius 2 is 1.80 bits per heavy atom. The number of aryl methyl sites for hydroxylation is 1. The molecule has 2 heterocycles. The molecule has 0 radical (unpaired) electrons. The van der Waals surface area contributed by atoms with Crippen LogP contribution in [-0.2, 0) is 16.4 Å². The predicted octanol–water partition coefficient (Wildman–Crippen LogP) is 3.75. The van der Waals surface area contributed by atoms with E-state index in [0.29, 0.717) is 5.95 Å². The molecule has 5 rings (SSSR count). The number of rotatable bonds is 6. The van der Waals surface area contributed by atoms with Gasteiger partial charge in [-0.05, 0) is 67.6 Å². The predicted molar refractivity (Wildman–Crippen MR) is 117 cm³/mol. The molecule has 0 spiro atoms. The number of nitrogens with zero attached hydrogens (tertiary/aromatic N) is 3. The lowest BCUT2D eigenvalue weighted by atomic mass is 10.0. The summed E-state index contributed by atoms with van der Waals surface area (Å²) in [7, 11) is -3.45. The molecule has 8 heteroatoms. The van der Waals surface area contributed by atoms with Gasteiger partial charge in [0.2, 0.25) is 16.0 Å². The summed E-state index contributed by atoms with van der Waals surface area (Å²) in [6.07, 6.45) is 5.71.